The van der Waals surface area contributed by atoms with Crippen molar-refractivity contribution >= 4 is 67.4 Å². The predicted molar refractivity (Wildman–Crippen MR) is 314 cm³/mol. The lowest BCUT2D eigenvalue weighted by Crippen LogP contribution is -2.57. The summed E-state index contributed by atoms with van der Waals surface area (Å²) in [6.07, 6.45) is 6.78. The lowest BCUT2D eigenvalue weighted by molar-refractivity contribution is -0.0442. The molecule has 10 aromatic carbocycles. The highest BCUT2D eigenvalue weighted by Gasteiger charge is 2.61. The summed E-state index contributed by atoms with van der Waals surface area (Å²) < 4.78 is 0. The first-order valence-corrected chi connectivity index (χ1v) is 28.5. The summed E-state index contributed by atoms with van der Waals surface area (Å²) in [7, 11) is 0. The minimum Gasteiger partial charge on any atom is -0.310 e. The van der Waals surface area contributed by atoms with Gasteiger partial charge in [0.15, 0.2) is 0 Å². The highest BCUT2D eigenvalue weighted by atomic mass is 32.2. The van der Waals surface area contributed by atoms with E-state index in [0.29, 0.717) is 11.8 Å². The van der Waals surface area contributed by atoms with Gasteiger partial charge in [-0.05, 0) is 218 Å². The second kappa shape index (κ2) is 15.9. The van der Waals surface area contributed by atoms with Crippen LogP contribution in [0.15, 0.2) is 216 Å². The molecule has 0 amide bonds. The Morgan fingerprint density at radius 3 is 1.21 bits per heavy atom. The average Bonchev–Trinajstić information content (AvgIpc) is 3.87. The van der Waals surface area contributed by atoms with Gasteiger partial charge in [0.05, 0.1) is 11.4 Å². The van der Waals surface area contributed by atoms with E-state index in [4.69, 9.17) is 0 Å². The number of hydrogen-bond acceptors (Lipinski definition) is 3. The van der Waals surface area contributed by atoms with Crippen molar-refractivity contribution < 1.29 is 0 Å². The normalized spacial score (nSPS) is 21.1. The molecule has 1 aliphatic heterocycles. The molecule has 0 aromatic heterocycles. The molecule has 4 fully saturated rings. The van der Waals surface area contributed by atoms with Crippen molar-refractivity contribution in [2.75, 3.05) is 9.80 Å². The van der Waals surface area contributed by atoms with E-state index in [2.05, 4.69) is 244 Å². The van der Waals surface area contributed by atoms with Crippen molar-refractivity contribution in [2.45, 2.75) is 85.8 Å². The Hall–Kier alpha value is -7.33. The first-order valence-electron chi connectivity index (χ1n) is 27.7. The monoisotopic (exact) mass is 984 g/mol. The van der Waals surface area contributed by atoms with Crippen LogP contribution < -0.4 is 9.80 Å². The van der Waals surface area contributed by atoms with Crippen LogP contribution in [0.2, 0.25) is 0 Å². The molecule has 10 aromatic rings. The van der Waals surface area contributed by atoms with Crippen LogP contribution in [0.5, 0.6) is 0 Å². The molecule has 17 rings (SSSR count). The Balaban J connectivity index is 0.870. The van der Waals surface area contributed by atoms with Crippen molar-refractivity contribution in [1.82, 2.24) is 0 Å². The largest absolute Gasteiger partial charge is 0.310 e. The van der Waals surface area contributed by atoms with Crippen LogP contribution in [0.1, 0.15) is 93.2 Å². The molecule has 364 valence electrons. The molecular formula is C72H60N2S. The molecule has 6 aliphatic carbocycles. The van der Waals surface area contributed by atoms with Gasteiger partial charge >= 0.3 is 0 Å². The van der Waals surface area contributed by atoms with Crippen LogP contribution in [0.25, 0.3) is 43.8 Å². The second-order valence-corrected chi connectivity index (χ2v) is 25.2. The van der Waals surface area contributed by atoms with E-state index in [1.54, 1.807) is 11.1 Å². The smallest absolute Gasteiger partial charge is 0.0508 e. The average molecular weight is 985 g/mol. The predicted octanol–water partition coefficient (Wildman–Crippen LogP) is 19.8. The third-order valence-corrected chi connectivity index (χ3v) is 20.6. The number of hydrogen-bond donors (Lipinski definition) is 0. The number of nitrogens with zero attached hydrogens (tertiary/aromatic N) is 2. The van der Waals surface area contributed by atoms with Crippen molar-refractivity contribution in [1.29, 1.82) is 0 Å². The van der Waals surface area contributed by atoms with Gasteiger partial charge in [-0.2, -0.15) is 0 Å². The van der Waals surface area contributed by atoms with Crippen molar-refractivity contribution in [2.24, 2.45) is 23.7 Å². The maximum atomic E-state index is 2.69. The third-order valence-electron chi connectivity index (χ3n) is 19.5. The van der Waals surface area contributed by atoms with Crippen LogP contribution in [-0.2, 0) is 16.2 Å². The third kappa shape index (κ3) is 6.16. The Labute approximate surface area is 446 Å². The minimum absolute atomic E-state index is 0.0396. The summed E-state index contributed by atoms with van der Waals surface area (Å²) in [5, 5.41) is 5.30. The molecule has 0 radical (unpaired) electrons. The summed E-state index contributed by atoms with van der Waals surface area (Å²) >= 11 is 2.03. The van der Waals surface area contributed by atoms with Crippen LogP contribution in [0, 0.1) is 23.7 Å². The fourth-order valence-corrected chi connectivity index (χ4v) is 18.0. The highest BCUT2D eigenvalue weighted by molar-refractivity contribution is 7.99. The quantitative estimate of drug-likeness (QED) is 0.164. The van der Waals surface area contributed by atoms with Gasteiger partial charge in [0.25, 0.3) is 0 Å². The second-order valence-electron chi connectivity index (χ2n) is 24.1. The molecular weight excluding hydrogens is 925 g/mol. The van der Waals surface area contributed by atoms with E-state index in [-0.39, 0.29) is 16.2 Å². The standard InChI is InChI=1S/C72H60N2S/c1-70(2)60-25-13-11-21-56(60)58-23-15-27-64(68(58)70)73(52-17-7-5-8-18-52)54-31-29-46-42-66-62(40-48(46)38-54)72(50-34-44-33-45(36-50)37-51(72)35-44)63-41-49-39-55(32-30-47(49)43-67(63)75-66)74(53-19-9-6-10-20-53)65-28-16-24-59-57-22-12-14-26-61(57)71(3,4)69(59)65/h5-32,38-45,50-51H,33-37H2,1-4H3. The Morgan fingerprint density at radius 1 is 0.347 bits per heavy atom. The molecule has 2 nitrogen and oxygen atoms in total. The fraction of sp³-hybridized carbons (Fsp3) is 0.222. The molecule has 0 N–H and O–H groups in total. The minimum atomic E-state index is -0.155. The molecule has 0 saturated heterocycles. The molecule has 4 saturated carbocycles. The molecule has 1 spiro atoms. The van der Waals surface area contributed by atoms with Gasteiger partial charge < -0.3 is 9.80 Å². The van der Waals surface area contributed by atoms with E-state index in [1.807, 2.05) is 11.8 Å². The zero-order valence-corrected chi connectivity index (χ0v) is 44.1. The molecule has 7 aliphatic rings. The van der Waals surface area contributed by atoms with E-state index in [9.17, 15) is 0 Å². The van der Waals surface area contributed by atoms with E-state index in [0.717, 1.165) is 11.8 Å². The Bertz CT molecular complexity index is 3750. The van der Waals surface area contributed by atoms with Gasteiger partial charge in [-0.3, -0.25) is 0 Å². The first-order chi connectivity index (χ1) is 36.6. The van der Waals surface area contributed by atoms with Gasteiger partial charge in [-0.1, -0.05) is 161 Å². The topological polar surface area (TPSA) is 6.48 Å². The lowest BCUT2D eigenvalue weighted by atomic mass is 9.42. The van der Waals surface area contributed by atoms with Crippen LogP contribution in [0.3, 0.4) is 0 Å². The fourth-order valence-electron chi connectivity index (χ4n) is 16.7. The summed E-state index contributed by atoms with van der Waals surface area (Å²) in [6, 6.07) is 79.3. The highest BCUT2D eigenvalue weighted by Crippen LogP contribution is 2.69. The van der Waals surface area contributed by atoms with E-state index in [1.165, 1.54) is 142 Å². The van der Waals surface area contributed by atoms with Crippen molar-refractivity contribution in [3.8, 4) is 22.3 Å². The van der Waals surface area contributed by atoms with E-state index < -0.39 is 0 Å². The Kier molecular flexibility index (Phi) is 9.30. The van der Waals surface area contributed by atoms with Gasteiger partial charge in [0.1, 0.15) is 0 Å². The van der Waals surface area contributed by atoms with E-state index >= 15 is 0 Å². The van der Waals surface area contributed by atoms with Gasteiger partial charge in [0, 0.05) is 48.8 Å². The summed E-state index contributed by atoms with van der Waals surface area (Å²) in [5.41, 5.74) is 21.1. The summed E-state index contributed by atoms with van der Waals surface area (Å²) in [6.45, 7) is 9.65. The number of anilines is 6. The maximum Gasteiger partial charge on any atom is 0.0508 e. The van der Waals surface area contributed by atoms with Crippen molar-refractivity contribution in [3.63, 3.8) is 0 Å². The SMILES string of the molecule is CC1(C)c2ccccc2-c2cccc(N(c3ccccc3)c3ccc4cc5c(cc4c3)C3(c4cc6cc(N(c7ccccc7)c7cccc8c7C(C)(C)c7ccccc7-8)ccc6cc4S5)C4CC5CC(C4)CC3C5)c21. The summed E-state index contributed by atoms with van der Waals surface area (Å²) in [5.74, 6) is 2.95. The number of rotatable bonds is 6. The zero-order chi connectivity index (χ0) is 50.0. The number of para-hydroxylation sites is 2. The molecule has 75 heavy (non-hydrogen) atoms. The van der Waals surface area contributed by atoms with Gasteiger partial charge in [0.2, 0.25) is 0 Å². The molecule has 1 heterocycles. The van der Waals surface area contributed by atoms with Gasteiger partial charge in [-0.15, -0.1) is 0 Å². The molecule has 3 heteroatoms. The molecule has 4 bridgehead atoms. The van der Waals surface area contributed by atoms with Crippen LogP contribution in [0.4, 0.5) is 34.1 Å². The van der Waals surface area contributed by atoms with Crippen molar-refractivity contribution in [3.05, 3.63) is 240 Å². The number of fused-ring (bicyclic) bond motifs is 10. The van der Waals surface area contributed by atoms with Crippen LogP contribution >= 0.6 is 11.8 Å². The zero-order valence-electron chi connectivity index (χ0n) is 43.3. The van der Waals surface area contributed by atoms with Gasteiger partial charge in [-0.25, -0.2) is 0 Å². The lowest BCUT2D eigenvalue weighted by Gasteiger charge is -2.63. The van der Waals surface area contributed by atoms with Crippen LogP contribution in [-0.4, -0.2) is 0 Å². The number of benzene rings is 10. The molecule has 0 unspecified atom stereocenters. The molecule has 0 atom stereocenters. The summed E-state index contributed by atoms with van der Waals surface area (Å²) in [4.78, 5) is 8.01. The Morgan fingerprint density at radius 2 is 0.760 bits per heavy atom. The maximum absolute atomic E-state index is 2.69. The first kappa shape index (κ1) is 44.0.